The average molecular weight is 531 g/mol. The van der Waals surface area contributed by atoms with Gasteiger partial charge in [0.25, 0.3) is 0 Å². The molecule has 0 atom stereocenters. The van der Waals surface area contributed by atoms with Gasteiger partial charge in [-0.05, 0) is 73.0 Å². The Kier molecular flexibility index (Phi) is 10.3. The second kappa shape index (κ2) is 12.8. The molecule has 0 saturated carbocycles. The van der Waals surface area contributed by atoms with Crippen molar-refractivity contribution in [1.29, 1.82) is 0 Å². The molecule has 0 fully saturated rings. The number of hydrogen-bond donors (Lipinski definition) is 0. The number of ether oxygens (including phenoxy) is 2. The molecule has 38 heavy (non-hydrogen) atoms. The van der Waals surface area contributed by atoms with Gasteiger partial charge in [-0.1, -0.05) is 76.7 Å². The summed E-state index contributed by atoms with van der Waals surface area (Å²) >= 11 is 6.34. The maximum Gasteiger partial charge on any atom is 0.193 e. The molecule has 0 amide bonds. The van der Waals surface area contributed by atoms with Crippen LogP contribution in [0.5, 0.6) is 17.2 Å². The molecule has 0 aliphatic carbocycles. The second-order valence-electron chi connectivity index (χ2n) is 9.59. The first-order chi connectivity index (χ1) is 17.2. The summed E-state index contributed by atoms with van der Waals surface area (Å²) < 4.78 is 11.6. The van der Waals surface area contributed by atoms with Gasteiger partial charge in [-0.2, -0.15) is 0 Å². The Morgan fingerprint density at radius 1 is 0.763 bits per heavy atom. The summed E-state index contributed by atoms with van der Waals surface area (Å²) in [5, 5.41) is 0. The number of carbonyl (C=O) groups is 1. The summed E-state index contributed by atoms with van der Waals surface area (Å²) in [6.07, 6.45) is 0. The Morgan fingerprint density at radius 3 is 1.82 bits per heavy atom. The van der Waals surface area contributed by atoms with Gasteiger partial charge in [0.2, 0.25) is 0 Å². The Hall–Kier alpha value is -3.56. The van der Waals surface area contributed by atoms with Gasteiger partial charge in [0.05, 0.1) is 13.0 Å². The van der Waals surface area contributed by atoms with E-state index in [1.54, 1.807) is 19.2 Å². The maximum absolute atomic E-state index is 12.8. The van der Waals surface area contributed by atoms with E-state index in [2.05, 4.69) is 45.0 Å². The fourth-order valence-corrected chi connectivity index (χ4v) is 4.49. The monoisotopic (exact) mass is 530 g/mol. The minimum absolute atomic E-state index is 0. The van der Waals surface area contributed by atoms with Crippen molar-refractivity contribution >= 4 is 17.4 Å². The van der Waals surface area contributed by atoms with Crippen LogP contribution in [-0.2, 0) is 11.3 Å². The average Bonchev–Trinajstić information content (AvgIpc) is 2.89. The van der Waals surface area contributed by atoms with Crippen LogP contribution < -0.4 is 9.47 Å². The number of carbonyl (C=O) groups excluding carboxylic acids is 1. The molecule has 4 rings (SSSR count). The van der Waals surface area contributed by atoms with Crippen molar-refractivity contribution < 1.29 is 14.3 Å². The Bertz CT molecular complexity index is 1370. The molecule has 0 aliphatic rings. The van der Waals surface area contributed by atoms with Crippen LogP contribution in [0.3, 0.4) is 0 Å². The van der Waals surface area contributed by atoms with E-state index in [1.807, 2.05) is 55.5 Å². The maximum atomic E-state index is 12.8. The fourth-order valence-electron chi connectivity index (χ4n) is 4.28. The highest BCUT2D eigenvalue weighted by atomic mass is 35.5. The molecule has 0 aromatic heterocycles. The van der Waals surface area contributed by atoms with E-state index in [9.17, 15) is 4.79 Å². The van der Waals surface area contributed by atoms with Crippen LogP contribution in [0.25, 0.3) is 0 Å². The van der Waals surface area contributed by atoms with E-state index in [4.69, 9.17) is 21.1 Å². The normalized spacial score (nSPS) is 10.7. The predicted octanol–water partition coefficient (Wildman–Crippen LogP) is 9.67. The molecule has 4 aromatic carbocycles. The van der Waals surface area contributed by atoms with Crippen molar-refractivity contribution in [3.05, 3.63) is 124 Å². The minimum atomic E-state index is -0.228. The Labute approximate surface area is 233 Å². The van der Waals surface area contributed by atoms with E-state index >= 15 is 0 Å². The summed E-state index contributed by atoms with van der Waals surface area (Å²) in [4.78, 5) is 12.8. The number of halogens is 1. The topological polar surface area (TPSA) is 35.5 Å². The van der Waals surface area contributed by atoms with Gasteiger partial charge in [0.15, 0.2) is 5.78 Å². The van der Waals surface area contributed by atoms with Crippen LogP contribution in [0.4, 0.5) is 0 Å². The largest absolute Gasteiger partial charge is 0.496 e. The highest BCUT2D eigenvalue weighted by Crippen LogP contribution is 2.37. The van der Waals surface area contributed by atoms with E-state index in [0.29, 0.717) is 28.5 Å². The predicted molar refractivity (Wildman–Crippen MR) is 160 cm³/mol. The van der Waals surface area contributed by atoms with Gasteiger partial charge in [-0.25, -0.2) is 0 Å². The number of ketones is 1. The summed E-state index contributed by atoms with van der Waals surface area (Å²) in [7, 11) is 1.69. The summed E-state index contributed by atoms with van der Waals surface area (Å²) in [5.74, 6) is 2.55. The van der Waals surface area contributed by atoms with Crippen LogP contribution in [0.15, 0.2) is 84.9 Å². The van der Waals surface area contributed by atoms with Crippen molar-refractivity contribution in [3.63, 3.8) is 0 Å². The standard InChI is InChI=1S/C32H31ClO3.2CH4/c1-21-6-8-23(9-7-21)31(34)24-10-14-28(15-11-24)36-30-17-13-27(19-25(30)20-33)32(3,4)26-12-16-29(35-5)22(2)18-26;;/h6-19H,20H2,1-5H3;2*1H4. The molecule has 0 radical (unpaired) electrons. The molecule has 0 aliphatic heterocycles. The summed E-state index contributed by atoms with van der Waals surface area (Å²) in [6.45, 7) is 8.46. The van der Waals surface area contributed by atoms with Crippen LogP contribution in [-0.4, -0.2) is 12.9 Å². The smallest absolute Gasteiger partial charge is 0.193 e. The molecule has 3 nitrogen and oxygen atoms in total. The van der Waals surface area contributed by atoms with E-state index < -0.39 is 0 Å². The van der Waals surface area contributed by atoms with E-state index in [-0.39, 0.29) is 26.1 Å². The van der Waals surface area contributed by atoms with Gasteiger partial charge in [0.1, 0.15) is 17.2 Å². The lowest BCUT2D eigenvalue weighted by atomic mass is 9.77. The molecule has 0 N–H and O–H groups in total. The zero-order chi connectivity index (χ0) is 25.9. The van der Waals surface area contributed by atoms with Crippen LogP contribution >= 0.6 is 11.6 Å². The van der Waals surface area contributed by atoms with Crippen molar-refractivity contribution in [2.45, 2.75) is 53.8 Å². The number of methoxy groups -OCH3 is 1. The van der Waals surface area contributed by atoms with Gasteiger partial charge in [-0.15, -0.1) is 11.6 Å². The molecule has 0 bridgehead atoms. The van der Waals surface area contributed by atoms with E-state index in [1.165, 1.54) is 5.56 Å². The lowest BCUT2D eigenvalue weighted by molar-refractivity contribution is 0.103. The third-order valence-electron chi connectivity index (χ3n) is 6.70. The molecule has 0 heterocycles. The minimum Gasteiger partial charge on any atom is -0.496 e. The van der Waals surface area contributed by atoms with Crippen molar-refractivity contribution in [2.24, 2.45) is 0 Å². The van der Waals surface area contributed by atoms with Crippen molar-refractivity contribution in [3.8, 4) is 17.2 Å². The van der Waals surface area contributed by atoms with Gasteiger partial charge in [0, 0.05) is 22.1 Å². The molecule has 0 saturated heterocycles. The molecule has 0 spiro atoms. The third-order valence-corrected chi connectivity index (χ3v) is 6.99. The van der Waals surface area contributed by atoms with Gasteiger partial charge < -0.3 is 9.47 Å². The fraction of sp³-hybridized carbons (Fsp3) is 0.265. The van der Waals surface area contributed by atoms with Crippen LogP contribution in [0, 0.1) is 13.8 Å². The number of rotatable bonds is 8. The van der Waals surface area contributed by atoms with Crippen molar-refractivity contribution in [1.82, 2.24) is 0 Å². The SMILES string of the molecule is C.C.COc1ccc(C(C)(C)c2ccc(Oc3ccc(C(=O)c4ccc(C)cc4)cc3)c(CCl)c2)cc1C. The molecule has 4 aromatic rings. The summed E-state index contributed by atoms with van der Waals surface area (Å²) in [5.41, 5.74) is 6.54. The van der Waals surface area contributed by atoms with Crippen LogP contribution in [0.1, 0.15) is 72.4 Å². The van der Waals surface area contributed by atoms with Crippen LogP contribution in [0.2, 0.25) is 0 Å². The Morgan fingerprint density at radius 2 is 1.29 bits per heavy atom. The highest BCUT2D eigenvalue weighted by Gasteiger charge is 2.25. The molecule has 200 valence electrons. The number of hydrogen-bond acceptors (Lipinski definition) is 3. The molecular weight excluding hydrogens is 492 g/mol. The second-order valence-corrected chi connectivity index (χ2v) is 9.85. The quantitative estimate of drug-likeness (QED) is 0.168. The highest BCUT2D eigenvalue weighted by molar-refractivity contribution is 6.17. The van der Waals surface area contributed by atoms with Gasteiger partial charge >= 0.3 is 0 Å². The third kappa shape index (κ3) is 6.46. The first kappa shape index (κ1) is 30.7. The first-order valence-corrected chi connectivity index (χ1v) is 12.5. The van der Waals surface area contributed by atoms with Crippen molar-refractivity contribution in [2.75, 3.05) is 7.11 Å². The molecular formula is C34H39ClO3. The zero-order valence-electron chi connectivity index (χ0n) is 21.4. The lowest BCUT2D eigenvalue weighted by Gasteiger charge is -2.28. The number of alkyl halides is 1. The number of aryl methyl sites for hydroxylation is 2. The summed E-state index contributed by atoms with van der Waals surface area (Å²) in [6, 6.07) is 27.3. The lowest BCUT2D eigenvalue weighted by Crippen LogP contribution is -2.19. The molecule has 0 unspecified atom stereocenters. The Balaban J connectivity index is 0.00000253. The van der Waals surface area contributed by atoms with Gasteiger partial charge in [-0.3, -0.25) is 4.79 Å². The zero-order valence-corrected chi connectivity index (χ0v) is 22.1. The number of benzene rings is 4. The first-order valence-electron chi connectivity index (χ1n) is 12.0. The van der Waals surface area contributed by atoms with E-state index in [0.717, 1.165) is 28.0 Å². The molecule has 4 heteroatoms.